The fourth-order valence-electron chi connectivity index (χ4n) is 2.66. The minimum absolute atomic E-state index is 0.0714. The van der Waals surface area contributed by atoms with E-state index in [4.69, 9.17) is 16.3 Å². The van der Waals surface area contributed by atoms with Crippen LogP contribution in [0.5, 0.6) is 5.75 Å². The number of carbonyl (C=O) groups excluding carboxylic acids is 1. The zero-order valence-electron chi connectivity index (χ0n) is 15.0. The van der Waals surface area contributed by atoms with Crippen LogP contribution in [0.2, 0.25) is 5.02 Å². The van der Waals surface area contributed by atoms with Crippen LogP contribution in [0.15, 0.2) is 75.6 Å². The van der Waals surface area contributed by atoms with Crippen molar-refractivity contribution in [2.24, 2.45) is 5.18 Å². The first-order valence-corrected chi connectivity index (χ1v) is 10.2. The molecule has 3 rings (SSSR count). The number of nitrogens with zero attached hydrogens (tertiary/aromatic N) is 1. The molecule has 0 unspecified atom stereocenters. The second kappa shape index (κ2) is 8.68. The van der Waals surface area contributed by atoms with Crippen molar-refractivity contribution in [1.82, 2.24) is 0 Å². The van der Waals surface area contributed by atoms with Gasteiger partial charge in [-0.3, -0.25) is 4.79 Å². The molecule has 0 aliphatic heterocycles. The molecule has 154 valence electrons. The van der Waals surface area contributed by atoms with Gasteiger partial charge in [-0.25, -0.2) is 17.2 Å². The highest BCUT2D eigenvalue weighted by molar-refractivity contribution is 7.91. The van der Waals surface area contributed by atoms with Gasteiger partial charge in [0.05, 0.1) is 9.79 Å². The summed E-state index contributed by atoms with van der Waals surface area (Å²) >= 11 is 5.83. The van der Waals surface area contributed by atoms with E-state index >= 15 is 0 Å². The minimum Gasteiger partial charge on any atom is -0.483 e. The topological polar surface area (TPSA) is 89.9 Å². The van der Waals surface area contributed by atoms with Crippen LogP contribution in [0.4, 0.5) is 8.78 Å². The first-order chi connectivity index (χ1) is 14.2. The second-order valence-corrected chi connectivity index (χ2v) is 8.40. The third-order valence-electron chi connectivity index (χ3n) is 4.04. The van der Waals surface area contributed by atoms with Crippen LogP contribution < -0.4 is 4.74 Å². The fraction of sp³-hybridized carbons (Fsp3) is 0.0500. The van der Waals surface area contributed by atoms with Gasteiger partial charge in [-0.05, 0) is 54.6 Å². The monoisotopic (exact) mass is 451 g/mol. The van der Waals surface area contributed by atoms with Gasteiger partial charge in [0.15, 0.2) is 6.61 Å². The Morgan fingerprint density at radius 2 is 1.70 bits per heavy atom. The largest absolute Gasteiger partial charge is 0.483 e. The van der Waals surface area contributed by atoms with Gasteiger partial charge in [-0.1, -0.05) is 17.7 Å². The molecule has 3 aromatic rings. The number of amides is 1. The number of sulfone groups is 1. The Labute approximate surface area is 175 Å². The lowest BCUT2D eigenvalue weighted by Gasteiger charge is -2.12. The highest BCUT2D eigenvalue weighted by Gasteiger charge is 2.21. The summed E-state index contributed by atoms with van der Waals surface area (Å²) in [7, 11) is -4.05. The molecule has 0 aromatic heterocycles. The molecular formula is C20H12ClF2NO5S. The van der Waals surface area contributed by atoms with E-state index < -0.39 is 34.0 Å². The third-order valence-corrected chi connectivity index (χ3v) is 6.03. The molecule has 0 atom stereocenters. The maximum absolute atomic E-state index is 14.8. The molecule has 0 spiro atoms. The molecule has 0 N–H and O–H groups in total. The lowest BCUT2D eigenvalue weighted by Crippen LogP contribution is -2.08. The number of benzene rings is 3. The molecule has 1 amide bonds. The standard InChI is InChI=1S/C20H12ClF2NO5S/c21-12-2-1-3-14(8-12)30(27,28)15-5-6-16(18(23)10-15)17-9-13(22)4-7-19(17)29-11-20(25)24-26/h1-10H,11H2. The van der Waals surface area contributed by atoms with Gasteiger partial charge in [-0.15, -0.1) is 4.91 Å². The summed E-state index contributed by atoms with van der Waals surface area (Å²) in [6.07, 6.45) is 0. The van der Waals surface area contributed by atoms with Crippen LogP contribution >= 0.6 is 11.6 Å². The van der Waals surface area contributed by atoms with E-state index in [2.05, 4.69) is 5.18 Å². The molecule has 6 nitrogen and oxygen atoms in total. The van der Waals surface area contributed by atoms with Gasteiger partial charge < -0.3 is 4.74 Å². The van der Waals surface area contributed by atoms with Crippen molar-refractivity contribution in [2.45, 2.75) is 9.79 Å². The van der Waals surface area contributed by atoms with E-state index in [-0.39, 0.29) is 31.7 Å². The Morgan fingerprint density at radius 1 is 0.967 bits per heavy atom. The summed E-state index contributed by atoms with van der Waals surface area (Å²) in [5.41, 5.74) is -0.237. The van der Waals surface area contributed by atoms with Gasteiger partial charge in [0.1, 0.15) is 17.4 Å². The fourth-order valence-corrected chi connectivity index (χ4v) is 4.23. The summed E-state index contributed by atoms with van der Waals surface area (Å²) in [6.45, 7) is -0.717. The number of hydrogen-bond acceptors (Lipinski definition) is 5. The van der Waals surface area contributed by atoms with Crippen molar-refractivity contribution < 1.29 is 26.7 Å². The molecule has 0 radical (unpaired) electrons. The van der Waals surface area contributed by atoms with E-state index in [1.165, 1.54) is 24.3 Å². The quantitative estimate of drug-likeness (QED) is 0.502. The van der Waals surface area contributed by atoms with E-state index in [1.807, 2.05) is 0 Å². The number of ether oxygens (including phenoxy) is 1. The van der Waals surface area contributed by atoms with Crippen molar-refractivity contribution in [2.75, 3.05) is 6.61 Å². The SMILES string of the molecule is O=NC(=O)COc1ccc(F)cc1-c1ccc(S(=O)(=O)c2cccc(Cl)c2)cc1F. The van der Waals surface area contributed by atoms with Gasteiger partial charge >= 0.3 is 5.91 Å². The molecule has 0 aliphatic carbocycles. The molecule has 0 fully saturated rings. The minimum atomic E-state index is -4.05. The van der Waals surface area contributed by atoms with Crippen LogP contribution in [-0.2, 0) is 14.6 Å². The first kappa shape index (κ1) is 21.5. The first-order valence-electron chi connectivity index (χ1n) is 8.31. The van der Waals surface area contributed by atoms with Gasteiger partial charge in [0.2, 0.25) is 9.84 Å². The molecule has 30 heavy (non-hydrogen) atoms. The van der Waals surface area contributed by atoms with Gasteiger partial charge in [0, 0.05) is 21.3 Å². The normalized spacial score (nSPS) is 11.2. The molecule has 10 heteroatoms. The second-order valence-electron chi connectivity index (χ2n) is 6.02. The van der Waals surface area contributed by atoms with Crippen LogP contribution in [0.25, 0.3) is 11.1 Å². The zero-order valence-corrected chi connectivity index (χ0v) is 16.6. The van der Waals surface area contributed by atoms with E-state index in [9.17, 15) is 26.9 Å². The van der Waals surface area contributed by atoms with Crippen LogP contribution in [0.3, 0.4) is 0 Å². The maximum Gasteiger partial charge on any atom is 0.323 e. The Morgan fingerprint density at radius 3 is 2.37 bits per heavy atom. The lowest BCUT2D eigenvalue weighted by atomic mass is 10.0. The van der Waals surface area contributed by atoms with Gasteiger partial charge in [-0.2, -0.15) is 0 Å². The summed E-state index contributed by atoms with van der Waals surface area (Å²) < 4.78 is 59.2. The number of halogens is 3. The number of hydrogen-bond donors (Lipinski definition) is 0. The third kappa shape index (κ3) is 4.52. The van der Waals surface area contributed by atoms with Crippen molar-refractivity contribution in [3.05, 3.63) is 82.2 Å². The molecular weight excluding hydrogens is 440 g/mol. The summed E-state index contributed by atoms with van der Waals surface area (Å²) in [5, 5.41) is 2.38. The molecule has 0 bridgehead atoms. The molecule has 0 aliphatic rings. The maximum atomic E-state index is 14.8. The van der Waals surface area contributed by atoms with E-state index in [0.717, 1.165) is 36.4 Å². The Balaban J connectivity index is 2.03. The zero-order chi connectivity index (χ0) is 21.9. The number of carbonyl (C=O) groups is 1. The summed E-state index contributed by atoms with van der Waals surface area (Å²) in [4.78, 5) is 20.8. The Hall–Kier alpha value is -3.17. The Kier molecular flexibility index (Phi) is 6.23. The average Bonchev–Trinajstić information content (AvgIpc) is 2.72. The lowest BCUT2D eigenvalue weighted by molar-refractivity contribution is -0.119. The summed E-state index contributed by atoms with van der Waals surface area (Å²) in [5.74, 6) is -2.87. The van der Waals surface area contributed by atoms with Crippen molar-refractivity contribution in [1.29, 1.82) is 0 Å². The van der Waals surface area contributed by atoms with Crippen molar-refractivity contribution >= 4 is 27.3 Å². The highest BCUT2D eigenvalue weighted by atomic mass is 35.5. The molecule has 3 aromatic carbocycles. The van der Waals surface area contributed by atoms with Crippen LogP contribution in [-0.4, -0.2) is 20.9 Å². The Bertz CT molecular complexity index is 1250. The highest BCUT2D eigenvalue weighted by Crippen LogP contribution is 2.34. The van der Waals surface area contributed by atoms with Crippen molar-refractivity contribution in [3.8, 4) is 16.9 Å². The van der Waals surface area contributed by atoms with Crippen LogP contribution in [0, 0.1) is 16.5 Å². The molecule has 0 saturated carbocycles. The van der Waals surface area contributed by atoms with E-state index in [0.29, 0.717) is 0 Å². The number of rotatable bonds is 6. The van der Waals surface area contributed by atoms with Crippen LogP contribution in [0.1, 0.15) is 0 Å². The predicted molar refractivity (Wildman–Crippen MR) is 105 cm³/mol. The number of nitroso groups, excluding NO2 is 1. The smallest absolute Gasteiger partial charge is 0.323 e. The van der Waals surface area contributed by atoms with Gasteiger partial charge in [0.25, 0.3) is 0 Å². The molecule has 0 saturated heterocycles. The molecule has 0 heterocycles. The summed E-state index contributed by atoms with van der Waals surface area (Å²) in [6, 6.07) is 11.7. The predicted octanol–water partition coefficient (Wildman–Crippen LogP) is 4.79. The van der Waals surface area contributed by atoms with E-state index in [1.54, 1.807) is 0 Å². The van der Waals surface area contributed by atoms with Crippen molar-refractivity contribution in [3.63, 3.8) is 0 Å². The average molecular weight is 452 g/mol.